The molecule has 5 fully saturated rings. The Hall–Kier alpha value is -4.80. The van der Waals surface area contributed by atoms with Gasteiger partial charge in [0, 0.05) is 36.7 Å². The van der Waals surface area contributed by atoms with Gasteiger partial charge in [-0.3, -0.25) is 9.69 Å². The molecule has 14 atom stereocenters. The molecule has 15 nitrogen and oxygen atoms in total. The molecule has 0 spiro atoms. The minimum absolute atomic E-state index is 0.00447. The van der Waals surface area contributed by atoms with Gasteiger partial charge in [0.2, 0.25) is 0 Å². The summed E-state index contributed by atoms with van der Waals surface area (Å²) in [4.78, 5) is 59.3. The number of carbonyl (C=O) groups is 4. The molecule has 5 unspecified atom stereocenters. The van der Waals surface area contributed by atoms with Gasteiger partial charge in [-0.05, 0) is 102 Å². The summed E-state index contributed by atoms with van der Waals surface area (Å²) in [7, 11) is 1.54. The summed E-state index contributed by atoms with van der Waals surface area (Å²) in [6, 6.07) is 13.3. The lowest BCUT2D eigenvalue weighted by Gasteiger charge is -2.67. The number of amides is 1. The van der Waals surface area contributed by atoms with Crippen LogP contribution in [-0.4, -0.2) is 113 Å². The van der Waals surface area contributed by atoms with E-state index in [1.54, 1.807) is 71.0 Å². The van der Waals surface area contributed by atoms with Gasteiger partial charge >= 0.3 is 24.0 Å². The fourth-order valence-corrected chi connectivity index (χ4v) is 13.0. The van der Waals surface area contributed by atoms with E-state index in [9.17, 15) is 19.5 Å². The van der Waals surface area contributed by atoms with Crippen LogP contribution in [0.15, 0.2) is 72.3 Å². The van der Waals surface area contributed by atoms with Crippen molar-refractivity contribution in [3.63, 3.8) is 0 Å². The average Bonchev–Trinajstić information content (AvgIpc) is 3.76. The predicted molar refractivity (Wildman–Crippen MR) is 252 cm³/mol. The Labute approximate surface area is 406 Å². The largest absolute Gasteiger partial charge is 0.496 e. The number of aryl methyl sites for hydroxylation is 1. The highest BCUT2D eigenvalue weighted by atomic mass is 16.7. The SMILES string of the molecule is C=CC1OC2C(C)C3=C(C)[C@@H](OC(=O)[C@@H]4OC(c5ccc(C)cc5OC)N(C(=O)OC(C)(C)C)C4CC(C)C)C[C@@]3(C(C)(C)O)[C@@H](OC(=O)c3ccccc3)[C@@H]3[C@]4(OC(C)=O)CO[C@@H]4C[C@H](O1)[C@@]23C. The minimum Gasteiger partial charge on any atom is -0.496 e. The van der Waals surface area contributed by atoms with Crippen LogP contribution < -0.4 is 4.74 Å². The fraction of sp³-hybridized carbons (Fsp3) is 0.630. The van der Waals surface area contributed by atoms with Crippen LogP contribution in [0.4, 0.5) is 4.79 Å². The van der Waals surface area contributed by atoms with Crippen LogP contribution in [0.2, 0.25) is 0 Å². The molecule has 2 aromatic carbocycles. The second-order valence-corrected chi connectivity index (χ2v) is 22.2. The molecule has 8 rings (SSSR count). The third kappa shape index (κ3) is 8.37. The van der Waals surface area contributed by atoms with Crippen LogP contribution in [0.5, 0.6) is 5.75 Å². The lowest BCUT2D eigenvalue weighted by atomic mass is 9.49. The second-order valence-electron chi connectivity index (χ2n) is 22.2. The number of esters is 3. The summed E-state index contributed by atoms with van der Waals surface area (Å²) in [5.41, 5.74) is -3.45. The molecule has 3 saturated heterocycles. The maximum absolute atomic E-state index is 15.3. The molecule has 3 aliphatic heterocycles. The highest BCUT2D eigenvalue weighted by Crippen LogP contribution is 2.70. The predicted octanol–water partition coefficient (Wildman–Crippen LogP) is 8.34. The molecule has 376 valence electrons. The van der Waals surface area contributed by atoms with Crippen molar-refractivity contribution in [1.82, 2.24) is 4.90 Å². The van der Waals surface area contributed by atoms with Crippen LogP contribution in [0, 0.1) is 35.5 Å². The van der Waals surface area contributed by atoms with Crippen molar-refractivity contribution in [1.29, 1.82) is 0 Å². The van der Waals surface area contributed by atoms with E-state index in [0.717, 1.165) is 5.56 Å². The van der Waals surface area contributed by atoms with Gasteiger partial charge in [0.15, 0.2) is 24.2 Å². The molecule has 0 aromatic heterocycles. The van der Waals surface area contributed by atoms with E-state index in [0.29, 0.717) is 35.3 Å². The highest BCUT2D eigenvalue weighted by Gasteiger charge is 2.80. The molecule has 0 bridgehead atoms. The first-order valence-electron chi connectivity index (χ1n) is 24.3. The standard InChI is InChI=1S/C54H71NO14/c1-15-40-64-38-25-39-54(27-62-39,68-32(7)56)43-45(67-47(57)33-19-17-16-18-20-33)53(51(11,12)60)26-37(30(5)41(53)31(6)44(65-40)52(38,43)13)63-48(58)42-35(23-28(2)3)55(49(59)69-50(8,9)10)46(66-42)34-22-21-29(4)24-36(34)61-14/h15-22,24,28,31,35,37-40,42-46,60H,1,23,25-27H2,2-14H3/t31?,35?,37-,38-,39+,40?,42+,43-,44?,45-,46?,52+,53-,54-/m0/s1. The first-order valence-corrected chi connectivity index (χ1v) is 24.3. The quantitative estimate of drug-likeness (QED) is 0.129. The molecular formula is C54H71NO14. The van der Waals surface area contributed by atoms with Crippen molar-refractivity contribution in [3.05, 3.63) is 89.0 Å². The number of ether oxygens (including phenoxy) is 9. The van der Waals surface area contributed by atoms with E-state index in [1.807, 2.05) is 59.7 Å². The van der Waals surface area contributed by atoms with Crippen LogP contribution >= 0.6 is 0 Å². The molecule has 2 aromatic rings. The van der Waals surface area contributed by atoms with Crippen molar-refractivity contribution in [2.24, 2.45) is 28.6 Å². The molecule has 3 heterocycles. The number of hydrogen-bond donors (Lipinski definition) is 1. The van der Waals surface area contributed by atoms with E-state index < -0.39 is 119 Å². The molecule has 15 heteroatoms. The number of hydrogen-bond acceptors (Lipinski definition) is 14. The third-order valence-corrected chi connectivity index (χ3v) is 15.7. The Kier molecular flexibility index (Phi) is 13.3. The van der Waals surface area contributed by atoms with Crippen LogP contribution in [0.1, 0.15) is 123 Å². The van der Waals surface area contributed by atoms with Gasteiger partial charge in [0.25, 0.3) is 0 Å². The van der Waals surface area contributed by atoms with Gasteiger partial charge in [-0.2, -0.15) is 0 Å². The summed E-state index contributed by atoms with van der Waals surface area (Å²) in [5, 5.41) is 13.1. The number of fused-ring (bicyclic) bond motifs is 3. The van der Waals surface area contributed by atoms with Gasteiger partial charge in [0.1, 0.15) is 29.7 Å². The second kappa shape index (κ2) is 18.1. The molecular weight excluding hydrogens is 887 g/mol. The zero-order valence-corrected chi connectivity index (χ0v) is 42.4. The number of nitrogens with zero attached hydrogens (tertiary/aromatic N) is 1. The smallest absolute Gasteiger partial charge is 0.413 e. The molecule has 6 aliphatic rings. The van der Waals surface area contributed by atoms with Crippen LogP contribution in [-0.2, 0) is 47.5 Å². The summed E-state index contributed by atoms with van der Waals surface area (Å²) in [5.74, 6) is -2.92. The Bertz CT molecular complexity index is 2370. The average molecular weight is 958 g/mol. The lowest BCUT2D eigenvalue weighted by Crippen LogP contribution is -2.80. The number of methoxy groups -OCH3 is 1. The first-order chi connectivity index (χ1) is 32.3. The van der Waals surface area contributed by atoms with Gasteiger partial charge < -0.3 is 47.7 Å². The van der Waals surface area contributed by atoms with E-state index >= 15 is 4.79 Å². The Morgan fingerprint density at radius 2 is 1.68 bits per heavy atom. The van der Waals surface area contributed by atoms with E-state index in [2.05, 4.69) is 6.58 Å². The number of carbonyl (C=O) groups excluding carboxylic acids is 4. The van der Waals surface area contributed by atoms with Crippen molar-refractivity contribution >= 4 is 24.0 Å². The maximum Gasteiger partial charge on any atom is 0.413 e. The van der Waals surface area contributed by atoms with E-state index in [4.69, 9.17) is 42.6 Å². The molecule has 1 amide bonds. The van der Waals surface area contributed by atoms with E-state index in [1.165, 1.54) is 18.9 Å². The Balaban J connectivity index is 1.28. The minimum atomic E-state index is -1.71. The van der Waals surface area contributed by atoms with Gasteiger partial charge in [-0.25, -0.2) is 14.4 Å². The van der Waals surface area contributed by atoms with Gasteiger partial charge in [0.05, 0.1) is 54.5 Å². The zero-order valence-electron chi connectivity index (χ0n) is 42.4. The number of benzene rings is 2. The van der Waals surface area contributed by atoms with Gasteiger partial charge in [-0.1, -0.05) is 64.6 Å². The summed E-state index contributed by atoms with van der Waals surface area (Å²) in [6.07, 6.45) is -5.83. The number of rotatable bonds is 11. The van der Waals surface area contributed by atoms with Crippen LogP contribution in [0.3, 0.4) is 0 Å². The third-order valence-electron chi connectivity index (χ3n) is 15.7. The monoisotopic (exact) mass is 957 g/mol. The molecule has 3 aliphatic carbocycles. The molecule has 2 saturated carbocycles. The fourth-order valence-electron chi connectivity index (χ4n) is 13.0. The molecule has 69 heavy (non-hydrogen) atoms. The van der Waals surface area contributed by atoms with Gasteiger partial charge in [-0.15, -0.1) is 0 Å². The van der Waals surface area contributed by atoms with Crippen LogP contribution in [0.25, 0.3) is 0 Å². The molecule has 0 radical (unpaired) electrons. The van der Waals surface area contributed by atoms with Crippen molar-refractivity contribution in [3.8, 4) is 5.75 Å². The lowest BCUT2D eigenvalue weighted by molar-refractivity contribution is -0.391. The zero-order chi connectivity index (χ0) is 50.3. The highest BCUT2D eigenvalue weighted by molar-refractivity contribution is 5.89. The summed E-state index contributed by atoms with van der Waals surface area (Å²) >= 11 is 0. The first kappa shape index (κ1) is 50.6. The van der Waals surface area contributed by atoms with E-state index in [-0.39, 0.29) is 24.5 Å². The topological polar surface area (TPSA) is 175 Å². The Morgan fingerprint density at radius 1 is 0.986 bits per heavy atom. The normalized spacial score (nSPS) is 36.0. The summed E-state index contributed by atoms with van der Waals surface area (Å²) in [6.45, 7) is 25.9. The van der Waals surface area contributed by atoms with Crippen molar-refractivity contribution < 1.29 is 66.9 Å². The Morgan fingerprint density at radius 3 is 2.26 bits per heavy atom. The number of aliphatic hydroxyl groups is 1. The van der Waals surface area contributed by atoms with Crippen molar-refractivity contribution in [2.45, 2.75) is 174 Å². The summed E-state index contributed by atoms with van der Waals surface area (Å²) < 4.78 is 58.6. The maximum atomic E-state index is 15.3. The molecule has 1 N–H and O–H groups in total. The van der Waals surface area contributed by atoms with Crippen molar-refractivity contribution in [2.75, 3.05) is 13.7 Å².